The minimum absolute atomic E-state index is 0. The summed E-state index contributed by atoms with van der Waals surface area (Å²) in [7, 11) is 0. The SMILES string of the molecule is C.C.CCC(C)C(=O)c1ccc(OC(C)=O)cc1. The minimum atomic E-state index is -0.360. The number of carbonyl (C=O) groups excluding carboxylic acids is 2. The Morgan fingerprint density at radius 2 is 1.67 bits per heavy atom. The number of benzene rings is 1. The first-order valence-electron chi connectivity index (χ1n) is 5.37. The molecular weight excluding hydrogens is 228 g/mol. The third-order valence-corrected chi connectivity index (χ3v) is 2.46. The predicted molar refractivity (Wildman–Crippen MR) is 75.0 cm³/mol. The molecular formula is C15H24O3. The van der Waals surface area contributed by atoms with Gasteiger partial charge in [-0.15, -0.1) is 0 Å². The van der Waals surface area contributed by atoms with Crippen LogP contribution in [-0.2, 0) is 4.79 Å². The topological polar surface area (TPSA) is 43.4 Å². The quantitative estimate of drug-likeness (QED) is 0.460. The summed E-state index contributed by atoms with van der Waals surface area (Å²) in [6.07, 6.45) is 0.824. The highest BCUT2D eigenvalue weighted by molar-refractivity contribution is 5.97. The Bertz CT molecular complexity index is 379. The smallest absolute Gasteiger partial charge is 0.308 e. The van der Waals surface area contributed by atoms with Crippen molar-refractivity contribution in [3.8, 4) is 5.75 Å². The summed E-state index contributed by atoms with van der Waals surface area (Å²) in [6.45, 7) is 5.23. The van der Waals surface area contributed by atoms with Crippen LogP contribution >= 0.6 is 0 Å². The second kappa shape index (κ2) is 8.45. The van der Waals surface area contributed by atoms with E-state index in [1.807, 2.05) is 13.8 Å². The second-order valence-electron chi connectivity index (χ2n) is 3.79. The van der Waals surface area contributed by atoms with E-state index in [1.54, 1.807) is 24.3 Å². The Morgan fingerprint density at radius 1 is 1.17 bits per heavy atom. The van der Waals surface area contributed by atoms with Crippen LogP contribution in [0.4, 0.5) is 0 Å². The van der Waals surface area contributed by atoms with E-state index in [1.165, 1.54) is 6.92 Å². The lowest BCUT2D eigenvalue weighted by Gasteiger charge is -2.07. The zero-order chi connectivity index (χ0) is 12.1. The van der Waals surface area contributed by atoms with Gasteiger partial charge in [0, 0.05) is 18.4 Å². The maximum atomic E-state index is 11.8. The van der Waals surface area contributed by atoms with Crippen molar-refractivity contribution in [1.82, 2.24) is 0 Å². The molecule has 0 heterocycles. The molecule has 1 atom stereocenters. The largest absolute Gasteiger partial charge is 0.427 e. The van der Waals surface area contributed by atoms with Crippen LogP contribution in [0.1, 0.15) is 52.4 Å². The van der Waals surface area contributed by atoms with E-state index in [9.17, 15) is 9.59 Å². The zero-order valence-corrected chi connectivity index (χ0v) is 9.82. The summed E-state index contributed by atoms with van der Waals surface area (Å²) in [5.41, 5.74) is 0.658. The van der Waals surface area contributed by atoms with E-state index in [0.29, 0.717) is 11.3 Å². The van der Waals surface area contributed by atoms with Crippen molar-refractivity contribution in [2.45, 2.75) is 42.0 Å². The Balaban J connectivity index is 0. The summed E-state index contributed by atoms with van der Waals surface area (Å²) < 4.78 is 4.89. The van der Waals surface area contributed by atoms with Gasteiger partial charge in [-0.3, -0.25) is 9.59 Å². The van der Waals surface area contributed by atoms with Crippen molar-refractivity contribution in [3.05, 3.63) is 29.8 Å². The van der Waals surface area contributed by atoms with E-state index in [4.69, 9.17) is 4.74 Å². The summed E-state index contributed by atoms with van der Waals surface area (Å²) in [5.74, 6) is 0.255. The van der Waals surface area contributed by atoms with Crippen molar-refractivity contribution in [2.75, 3.05) is 0 Å². The van der Waals surface area contributed by atoms with Crippen molar-refractivity contribution >= 4 is 11.8 Å². The lowest BCUT2D eigenvalue weighted by atomic mass is 9.97. The van der Waals surface area contributed by atoms with Crippen molar-refractivity contribution < 1.29 is 14.3 Å². The summed E-state index contributed by atoms with van der Waals surface area (Å²) in [4.78, 5) is 22.5. The van der Waals surface area contributed by atoms with Gasteiger partial charge in [-0.25, -0.2) is 0 Å². The standard InChI is InChI=1S/C13H16O3.2CH4/c1-4-9(2)13(15)11-5-7-12(8-6-11)16-10(3)14;;/h5-9H,4H2,1-3H3;2*1H4. The molecule has 1 unspecified atom stereocenters. The van der Waals surface area contributed by atoms with Crippen LogP contribution in [0.25, 0.3) is 0 Å². The van der Waals surface area contributed by atoms with Gasteiger partial charge >= 0.3 is 5.97 Å². The van der Waals surface area contributed by atoms with Crippen LogP contribution in [0, 0.1) is 5.92 Å². The van der Waals surface area contributed by atoms with E-state index in [2.05, 4.69) is 0 Å². The van der Waals surface area contributed by atoms with Gasteiger partial charge in [0.05, 0.1) is 0 Å². The normalized spacial score (nSPS) is 10.6. The fraction of sp³-hybridized carbons (Fsp3) is 0.467. The van der Waals surface area contributed by atoms with Gasteiger partial charge in [-0.2, -0.15) is 0 Å². The molecule has 0 aliphatic carbocycles. The lowest BCUT2D eigenvalue weighted by Crippen LogP contribution is -2.10. The molecule has 0 aliphatic rings. The monoisotopic (exact) mass is 252 g/mol. The predicted octanol–water partition coefficient (Wildman–Crippen LogP) is 4.11. The molecule has 0 amide bonds. The average molecular weight is 252 g/mol. The van der Waals surface area contributed by atoms with Gasteiger partial charge in [0.25, 0.3) is 0 Å². The number of hydrogen-bond donors (Lipinski definition) is 0. The van der Waals surface area contributed by atoms with Crippen LogP contribution < -0.4 is 4.74 Å². The van der Waals surface area contributed by atoms with E-state index in [-0.39, 0.29) is 32.5 Å². The number of carbonyl (C=O) groups is 2. The van der Waals surface area contributed by atoms with Gasteiger partial charge in [0.15, 0.2) is 5.78 Å². The molecule has 0 fully saturated rings. The molecule has 1 aromatic carbocycles. The maximum Gasteiger partial charge on any atom is 0.308 e. The first-order chi connectivity index (χ1) is 7.54. The molecule has 0 bridgehead atoms. The molecule has 0 radical (unpaired) electrons. The Labute approximate surface area is 110 Å². The van der Waals surface area contributed by atoms with E-state index in [0.717, 1.165) is 6.42 Å². The molecule has 0 spiro atoms. The number of esters is 1. The number of ether oxygens (including phenoxy) is 1. The molecule has 0 N–H and O–H groups in total. The number of ketones is 1. The third kappa shape index (κ3) is 5.13. The van der Waals surface area contributed by atoms with Gasteiger partial charge in [-0.05, 0) is 30.7 Å². The van der Waals surface area contributed by atoms with Crippen LogP contribution in [0.3, 0.4) is 0 Å². The van der Waals surface area contributed by atoms with Crippen LogP contribution in [-0.4, -0.2) is 11.8 Å². The molecule has 0 aliphatic heterocycles. The summed E-state index contributed by atoms with van der Waals surface area (Å²) >= 11 is 0. The molecule has 1 rings (SSSR count). The average Bonchev–Trinajstić information content (AvgIpc) is 2.27. The van der Waals surface area contributed by atoms with Crippen LogP contribution in [0.5, 0.6) is 5.75 Å². The molecule has 3 nitrogen and oxygen atoms in total. The second-order valence-corrected chi connectivity index (χ2v) is 3.79. The van der Waals surface area contributed by atoms with Gasteiger partial charge < -0.3 is 4.74 Å². The van der Waals surface area contributed by atoms with Crippen LogP contribution in [0.15, 0.2) is 24.3 Å². The minimum Gasteiger partial charge on any atom is -0.427 e. The van der Waals surface area contributed by atoms with E-state index < -0.39 is 0 Å². The molecule has 3 heteroatoms. The number of rotatable bonds is 4. The summed E-state index contributed by atoms with van der Waals surface area (Å²) in [6, 6.07) is 6.65. The molecule has 102 valence electrons. The van der Waals surface area contributed by atoms with Gasteiger partial charge in [0.1, 0.15) is 5.75 Å². The first kappa shape index (κ1) is 18.7. The molecule has 18 heavy (non-hydrogen) atoms. The summed E-state index contributed by atoms with van der Waals surface area (Å²) in [5, 5.41) is 0. The fourth-order valence-corrected chi connectivity index (χ4v) is 1.32. The van der Waals surface area contributed by atoms with Gasteiger partial charge in [-0.1, -0.05) is 28.7 Å². The Hall–Kier alpha value is -1.64. The molecule has 1 aromatic rings. The number of Topliss-reactive ketones (excluding diaryl/α,β-unsaturated/α-hetero) is 1. The lowest BCUT2D eigenvalue weighted by molar-refractivity contribution is -0.131. The fourth-order valence-electron chi connectivity index (χ4n) is 1.32. The van der Waals surface area contributed by atoms with Gasteiger partial charge in [0.2, 0.25) is 0 Å². The molecule has 0 saturated heterocycles. The maximum absolute atomic E-state index is 11.8. The zero-order valence-electron chi connectivity index (χ0n) is 9.82. The van der Waals surface area contributed by atoms with Crippen molar-refractivity contribution in [3.63, 3.8) is 0 Å². The van der Waals surface area contributed by atoms with E-state index >= 15 is 0 Å². The van der Waals surface area contributed by atoms with Crippen LogP contribution in [0.2, 0.25) is 0 Å². The Morgan fingerprint density at radius 3 is 2.06 bits per heavy atom. The third-order valence-electron chi connectivity index (χ3n) is 2.46. The first-order valence-corrected chi connectivity index (χ1v) is 5.37. The molecule has 0 aromatic heterocycles. The molecule has 0 saturated carbocycles. The van der Waals surface area contributed by atoms with Crippen molar-refractivity contribution in [2.24, 2.45) is 5.92 Å². The highest BCUT2D eigenvalue weighted by atomic mass is 16.5. The highest BCUT2D eigenvalue weighted by Crippen LogP contribution is 2.16. The van der Waals surface area contributed by atoms with Crippen molar-refractivity contribution in [1.29, 1.82) is 0 Å². The Kier molecular flexibility index (Phi) is 8.79. The highest BCUT2D eigenvalue weighted by Gasteiger charge is 2.12. The number of hydrogen-bond acceptors (Lipinski definition) is 3.